The van der Waals surface area contributed by atoms with E-state index in [-0.39, 0.29) is 18.5 Å². The zero-order valence-corrected chi connectivity index (χ0v) is 56.9. The smallest absolute Gasteiger partial charge is 0.305 e. The number of ether oxygens (including phenoxy) is 1. The molecule has 0 heterocycles. The molecule has 0 aliphatic heterocycles. The molecule has 0 aliphatic rings. The molecule has 0 spiro atoms. The molecule has 3 N–H and O–H groups in total. The predicted octanol–water partition coefficient (Wildman–Crippen LogP) is 25.0. The summed E-state index contributed by atoms with van der Waals surface area (Å²) in [6, 6.07) is -0.635. The number of rotatable bonds is 72. The van der Waals surface area contributed by atoms with Crippen LogP contribution in [0.1, 0.15) is 425 Å². The van der Waals surface area contributed by atoms with Crippen molar-refractivity contribution in [2.24, 2.45) is 0 Å². The van der Waals surface area contributed by atoms with Gasteiger partial charge in [0.2, 0.25) is 5.91 Å². The molecule has 0 aromatic carbocycles. The number of aliphatic hydroxyl groups is 2. The van der Waals surface area contributed by atoms with Gasteiger partial charge < -0.3 is 20.3 Å². The Hall–Kier alpha value is -1.92. The summed E-state index contributed by atoms with van der Waals surface area (Å²) in [4.78, 5) is 24.7. The second-order valence-electron chi connectivity index (χ2n) is 26.3. The van der Waals surface area contributed by atoms with Crippen molar-refractivity contribution in [2.75, 3.05) is 13.2 Å². The highest BCUT2D eigenvalue weighted by Crippen LogP contribution is 2.19. The van der Waals surface area contributed by atoms with Gasteiger partial charge in [0, 0.05) is 12.8 Å². The fourth-order valence-corrected chi connectivity index (χ4v) is 12.1. The van der Waals surface area contributed by atoms with Crippen LogP contribution in [0.25, 0.3) is 0 Å². The molecule has 0 bridgehead atoms. The van der Waals surface area contributed by atoms with Crippen molar-refractivity contribution in [2.45, 2.75) is 437 Å². The summed E-state index contributed by atoms with van der Waals surface area (Å²) in [7, 11) is 0. The first-order valence-corrected chi connectivity index (χ1v) is 38.3. The van der Waals surface area contributed by atoms with Gasteiger partial charge in [0.05, 0.1) is 25.4 Å². The summed E-state index contributed by atoms with van der Waals surface area (Å²) in [5, 5.41) is 23.3. The number of aliphatic hydroxyl groups excluding tert-OH is 2. The van der Waals surface area contributed by atoms with E-state index >= 15 is 0 Å². The highest BCUT2D eigenvalue weighted by molar-refractivity contribution is 5.76. The van der Waals surface area contributed by atoms with Crippen LogP contribution in [0.15, 0.2) is 36.5 Å². The molecular formula is C78H149NO5. The number of nitrogens with one attached hydrogen (secondary N) is 1. The van der Waals surface area contributed by atoms with Crippen LogP contribution in [0.4, 0.5) is 0 Å². The third-order valence-corrected chi connectivity index (χ3v) is 17.9. The summed E-state index contributed by atoms with van der Waals surface area (Å²) >= 11 is 0. The van der Waals surface area contributed by atoms with Crippen LogP contribution in [-0.4, -0.2) is 47.4 Å². The molecule has 0 aliphatic carbocycles. The Balaban J connectivity index is 3.44. The Labute approximate surface area is 525 Å². The molecule has 6 nitrogen and oxygen atoms in total. The van der Waals surface area contributed by atoms with Crippen molar-refractivity contribution in [3.8, 4) is 0 Å². The first-order chi connectivity index (χ1) is 41.5. The van der Waals surface area contributed by atoms with Crippen molar-refractivity contribution in [3.05, 3.63) is 36.5 Å². The Bertz CT molecular complexity index is 1360. The van der Waals surface area contributed by atoms with E-state index in [1.807, 2.05) is 6.08 Å². The predicted molar refractivity (Wildman–Crippen MR) is 370 cm³/mol. The van der Waals surface area contributed by atoms with Crippen LogP contribution in [-0.2, 0) is 14.3 Å². The van der Waals surface area contributed by atoms with Gasteiger partial charge in [-0.15, -0.1) is 0 Å². The van der Waals surface area contributed by atoms with Gasteiger partial charge in [0.1, 0.15) is 0 Å². The SMILES string of the molecule is CCCCCCCCCCCCCCCCCCCCCCCCC/C=C/C(O)C(CO)NC(=O)CCCCCCCCCCC/C=C\C/C=C\CCCCCCCCCCCOC(=O)CCCCCCCCCCCCCCCCCCC. The van der Waals surface area contributed by atoms with Crippen molar-refractivity contribution in [1.29, 1.82) is 0 Å². The highest BCUT2D eigenvalue weighted by Gasteiger charge is 2.18. The van der Waals surface area contributed by atoms with E-state index in [0.717, 1.165) is 44.9 Å². The molecule has 2 atom stereocenters. The van der Waals surface area contributed by atoms with Crippen molar-refractivity contribution < 1.29 is 24.5 Å². The molecule has 1 amide bonds. The van der Waals surface area contributed by atoms with Gasteiger partial charge in [-0.2, -0.15) is 0 Å². The van der Waals surface area contributed by atoms with E-state index in [1.54, 1.807) is 6.08 Å². The minimum Gasteiger partial charge on any atom is -0.466 e. The van der Waals surface area contributed by atoms with E-state index in [1.165, 1.54) is 353 Å². The summed E-state index contributed by atoms with van der Waals surface area (Å²) in [6.45, 7) is 4.95. The van der Waals surface area contributed by atoms with Gasteiger partial charge in [-0.05, 0) is 64.2 Å². The second-order valence-corrected chi connectivity index (χ2v) is 26.3. The lowest BCUT2D eigenvalue weighted by Gasteiger charge is -2.20. The minimum absolute atomic E-state index is 0.0133. The molecule has 0 saturated carbocycles. The standard InChI is InChI=1S/C78H149NO5/c1-3-5-7-9-11-13-15-17-19-21-22-23-24-26-29-32-35-39-42-46-50-54-58-62-66-70-76(81)75(74-80)79-77(82)71-67-63-59-55-51-47-43-40-36-33-30-27-25-28-31-34-37-41-45-49-53-57-61-65-69-73-84-78(83)72-68-64-60-56-52-48-44-38-20-18-16-14-12-10-8-6-4-2/h27-28,30-31,66,70,75-76,80-81H,3-26,29,32-65,67-69,71-74H2,1-2H3,(H,79,82)/b30-27-,31-28-,70-66+. The molecule has 0 aromatic heterocycles. The van der Waals surface area contributed by atoms with Gasteiger partial charge in [0.25, 0.3) is 0 Å². The molecule has 6 heteroatoms. The second kappa shape index (κ2) is 73.5. The lowest BCUT2D eigenvalue weighted by atomic mass is 10.0. The van der Waals surface area contributed by atoms with Crippen LogP contribution in [0, 0.1) is 0 Å². The van der Waals surface area contributed by atoms with Crippen LogP contribution >= 0.6 is 0 Å². The number of esters is 1. The third-order valence-electron chi connectivity index (χ3n) is 17.9. The van der Waals surface area contributed by atoms with Crippen molar-refractivity contribution in [1.82, 2.24) is 5.32 Å². The van der Waals surface area contributed by atoms with Gasteiger partial charge in [-0.1, -0.05) is 384 Å². The van der Waals surface area contributed by atoms with E-state index in [4.69, 9.17) is 4.74 Å². The highest BCUT2D eigenvalue weighted by atomic mass is 16.5. The van der Waals surface area contributed by atoms with Crippen LogP contribution < -0.4 is 5.32 Å². The molecule has 496 valence electrons. The monoisotopic (exact) mass is 1180 g/mol. The first kappa shape index (κ1) is 82.1. The Kier molecular flexibility index (Phi) is 71.9. The zero-order valence-electron chi connectivity index (χ0n) is 56.9. The Morgan fingerprint density at radius 2 is 0.595 bits per heavy atom. The molecule has 2 unspecified atom stereocenters. The van der Waals surface area contributed by atoms with Gasteiger partial charge in [-0.25, -0.2) is 0 Å². The summed E-state index contributed by atoms with van der Waals surface area (Å²) in [6.07, 6.45) is 95.3. The van der Waals surface area contributed by atoms with Crippen molar-refractivity contribution in [3.63, 3.8) is 0 Å². The van der Waals surface area contributed by atoms with Gasteiger partial charge >= 0.3 is 5.97 Å². The number of hydrogen-bond donors (Lipinski definition) is 3. The molecule has 0 rings (SSSR count). The molecule has 0 fully saturated rings. The van der Waals surface area contributed by atoms with Gasteiger partial charge in [0.15, 0.2) is 0 Å². The third kappa shape index (κ3) is 69.2. The minimum atomic E-state index is -0.851. The van der Waals surface area contributed by atoms with Crippen LogP contribution in [0.3, 0.4) is 0 Å². The summed E-state index contributed by atoms with van der Waals surface area (Å²) < 4.78 is 5.50. The normalized spacial score (nSPS) is 12.7. The molecular weight excluding hydrogens is 1030 g/mol. The van der Waals surface area contributed by atoms with Crippen molar-refractivity contribution >= 4 is 11.9 Å². The van der Waals surface area contributed by atoms with E-state index in [2.05, 4.69) is 43.5 Å². The zero-order chi connectivity index (χ0) is 60.6. The maximum Gasteiger partial charge on any atom is 0.305 e. The lowest BCUT2D eigenvalue weighted by Crippen LogP contribution is -2.45. The number of carbonyl (C=O) groups excluding carboxylic acids is 2. The average Bonchev–Trinajstić information content (AvgIpc) is 3.51. The number of hydrogen-bond acceptors (Lipinski definition) is 5. The molecule has 84 heavy (non-hydrogen) atoms. The quantitative estimate of drug-likeness (QED) is 0.0320. The first-order valence-electron chi connectivity index (χ1n) is 38.3. The van der Waals surface area contributed by atoms with Crippen LogP contribution in [0.2, 0.25) is 0 Å². The number of unbranched alkanes of at least 4 members (excludes halogenated alkanes) is 57. The maximum absolute atomic E-state index is 12.5. The van der Waals surface area contributed by atoms with Gasteiger partial charge in [-0.3, -0.25) is 9.59 Å². The van der Waals surface area contributed by atoms with Crippen LogP contribution in [0.5, 0.6) is 0 Å². The number of allylic oxidation sites excluding steroid dienone is 5. The lowest BCUT2D eigenvalue weighted by molar-refractivity contribution is -0.143. The number of carbonyl (C=O) groups is 2. The van der Waals surface area contributed by atoms with E-state index < -0.39 is 12.1 Å². The maximum atomic E-state index is 12.5. The average molecular weight is 1180 g/mol. The Morgan fingerprint density at radius 1 is 0.333 bits per heavy atom. The molecule has 0 saturated heterocycles. The number of amides is 1. The Morgan fingerprint density at radius 3 is 0.905 bits per heavy atom. The summed E-state index contributed by atoms with van der Waals surface area (Å²) in [5.74, 6) is -0.0562. The summed E-state index contributed by atoms with van der Waals surface area (Å²) in [5.41, 5.74) is 0. The van der Waals surface area contributed by atoms with E-state index in [9.17, 15) is 19.8 Å². The fraction of sp³-hybridized carbons (Fsp3) is 0.897. The molecule has 0 aromatic rings. The topological polar surface area (TPSA) is 95.9 Å². The largest absolute Gasteiger partial charge is 0.466 e. The molecule has 0 radical (unpaired) electrons. The fourth-order valence-electron chi connectivity index (χ4n) is 12.1. The van der Waals surface area contributed by atoms with E-state index in [0.29, 0.717) is 19.4 Å².